The Labute approximate surface area is 73.4 Å². The van der Waals surface area contributed by atoms with Crippen molar-refractivity contribution in [2.75, 3.05) is 5.73 Å². The van der Waals surface area contributed by atoms with Crippen molar-refractivity contribution in [3.8, 4) is 0 Å². The van der Waals surface area contributed by atoms with Gasteiger partial charge in [0.05, 0.1) is 0 Å². The fourth-order valence-electron chi connectivity index (χ4n) is 0.507. The Hall–Kier alpha value is -1.05. The van der Waals surface area contributed by atoms with Gasteiger partial charge in [-0.2, -0.15) is 0 Å². The van der Waals surface area contributed by atoms with Gasteiger partial charge in [-0.25, -0.2) is 4.39 Å². The van der Waals surface area contributed by atoms with E-state index in [1.165, 1.54) is 12.1 Å². The molecule has 0 spiro atoms. The zero-order valence-corrected chi connectivity index (χ0v) is 7.84. The summed E-state index contributed by atoms with van der Waals surface area (Å²) >= 11 is 0. The fraction of sp³-hybridized carbons (Fsp3) is 0.400. The van der Waals surface area contributed by atoms with E-state index in [2.05, 4.69) is 20.8 Å². The number of hydrogen-bond acceptors (Lipinski definition) is 1. The van der Waals surface area contributed by atoms with Crippen molar-refractivity contribution in [1.29, 1.82) is 0 Å². The second-order valence-electron chi connectivity index (χ2n) is 3.29. The minimum absolute atomic E-state index is 0.287. The molecule has 0 heterocycles. The van der Waals surface area contributed by atoms with Crippen LogP contribution in [0, 0.1) is 11.7 Å². The Morgan fingerprint density at radius 2 is 1.75 bits per heavy atom. The molecule has 0 aliphatic heterocycles. The molecule has 0 aromatic heterocycles. The van der Waals surface area contributed by atoms with Crippen molar-refractivity contribution in [3.05, 3.63) is 30.1 Å². The quantitative estimate of drug-likeness (QED) is 0.593. The summed E-state index contributed by atoms with van der Waals surface area (Å²) in [5.74, 6) is 0.546. The second-order valence-corrected chi connectivity index (χ2v) is 3.29. The molecule has 0 fully saturated rings. The molecule has 0 radical (unpaired) electrons. The molecular formula is C10H16FN. The Bertz CT molecular complexity index is 201. The summed E-state index contributed by atoms with van der Waals surface area (Å²) in [6.07, 6.45) is 0. The highest BCUT2D eigenvalue weighted by atomic mass is 19.1. The fourth-order valence-corrected chi connectivity index (χ4v) is 0.507. The lowest BCUT2D eigenvalue weighted by atomic mass is 10.3. The standard InChI is InChI=1S/C6H6FN.C4H10/c7-5-2-1-3-6(8)4-5;1-4(2)3/h1-4H,8H2;4H,1-3H3. The van der Waals surface area contributed by atoms with Crippen LogP contribution in [-0.2, 0) is 0 Å². The van der Waals surface area contributed by atoms with Crippen molar-refractivity contribution in [2.45, 2.75) is 20.8 Å². The topological polar surface area (TPSA) is 26.0 Å². The third-order valence-electron chi connectivity index (χ3n) is 0.849. The predicted molar refractivity (Wildman–Crippen MR) is 51.3 cm³/mol. The van der Waals surface area contributed by atoms with Gasteiger partial charge < -0.3 is 5.73 Å². The van der Waals surface area contributed by atoms with E-state index < -0.39 is 0 Å². The van der Waals surface area contributed by atoms with Crippen molar-refractivity contribution in [2.24, 2.45) is 5.92 Å². The molecule has 0 aliphatic rings. The Morgan fingerprint density at radius 3 is 2.00 bits per heavy atom. The summed E-state index contributed by atoms with van der Waals surface area (Å²) < 4.78 is 12.1. The maximum Gasteiger partial charge on any atom is 0.125 e. The van der Waals surface area contributed by atoms with Crippen LogP contribution in [0.15, 0.2) is 24.3 Å². The summed E-state index contributed by atoms with van der Waals surface area (Å²) in [6, 6.07) is 5.85. The van der Waals surface area contributed by atoms with Gasteiger partial charge in [-0.1, -0.05) is 26.8 Å². The summed E-state index contributed by atoms with van der Waals surface area (Å²) in [7, 11) is 0. The smallest absolute Gasteiger partial charge is 0.125 e. The van der Waals surface area contributed by atoms with E-state index >= 15 is 0 Å². The highest BCUT2D eigenvalue weighted by Gasteiger charge is 1.85. The average Bonchev–Trinajstić information content (AvgIpc) is 1.84. The van der Waals surface area contributed by atoms with E-state index in [-0.39, 0.29) is 5.82 Å². The summed E-state index contributed by atoms with van der Waals surface area (Å²) in [5.41, 5.74) is 5.68. The van der Waals surface area contributed by atoms with Crippen LogP contribution in [0.1, 0.15) is 20.8 Å². The van der Waals surface area contributed by atoms with Gasteiger partial charge in [0.15, 0.2) is 0 Å². The van der Waals surface area contributed by atoms with Crippen LogP contribution in [0.4, 0.5) is 10.1 Å². The molecule has 0 saturated heterocycles. The van der Waals surface area contributed by atoms with Gasteiger partial charge in [-0.15, -0.1) is 0 Å². The van der Waals surface area contributed by atoms with Crippen molar-refractivity contribution in [3.63, 3.8) is 0 Å². The van der Waals surface area contributed by atoms with Gasteiger partial charge in [0.1, 0.15) is 5.82 Å². The van der Waals surface area contributed by atoms with Crippen LogP contribution in [0.5, 0.6) is 0 Å². The normalized spacial score (nSPS) is 9.08. The number of nitrogens with two attached hydrogens (primary N) is 1. The van der Waals surface area contributed by atoms with E-state index in [0.717, 1.165) is 5.92 Å². The first-order valence-corrected chi connectivity index (χ1v) is 4.03. The summed E-state index contributed by atoms with van der Waals surface area (Å²) in [5, 5.41) is 0. The molecule has 1 rings (SSSR count). The third-order valence-corrected chi connectivity index (χ3v) is 0.849. The molecule has 0 saturated carbocycles. The van der Waals surface area contributed by atoms with Crippen LogP contribution in [0.3, 0.4) is 0 Å². The molecule has 1 aromatic carbocycles. The molecule has 2 heteroatoms. The highest BCUT2D eigenvalue weighted by Crippen LogP contribution is 2.02. The number of anilines is 1. The third kappa shape index (κ3) is 7.06. The number of hydrogen-bond donors (Lipinski definition) is 1. The highest BCUT2D eigenvalue weighted by molar-refractivity contribution is 5.36. The average molecular weight is 169 g/mol. The molecule has 0 aliphatic carbocycles. The largest absolute Gasteiger partial charge is 0.399 e. The number of nitrogen functional groups attached to an aromatic ring is 1. The molecular weight excluding hydrogens is 153 g/mol. The Kier molecular flexibility index (Phi) is 5.09. The Balaban J connectivity index is 0.000000261. The van der Waals surface area contributed by atoms with E-state index in [9.17, 15) is 4.39 Å². The molecule has 1 nitrogen and oxygen atoms in total. The summed E-state index contributed by atoms with van der Waals surface area (Å²) in [6.45, 7) is 6.50. The second kappa shape index (κ2) is 5.58. The van der Waals surface area contributed by atoms with E-state index in [0.29, 0.717) is 5.69 Å². The summed E-state index contributed by atoms with van der Waals surface area (Å²) in [4.78, 5) is 0. The van der Waals surface area contributed by atoms with Crippen LogP contribution in [-0.4, -0.2) is 0 Å². The molecule has 0 bridgehead atoms. The molecule has 0 atom stereocenters. The lowest BCUT2D eigenvalue weighted by molar-refractivity contribution is 0.628. The van der Waals surface area contributed by atoms with Crippen LogP contribution >= 0.6 is 0 Å². The first-order valence-electron chi connectivity index (χ1n) is 4.03. The minimum atomic E-state index is -0.287. The van der Waals surface area contributed by atoms with Crippen LogP contribution in [0.25, 0.3) is 0 Å². The first-order chi connectivity index (χ1) is 5.52. The minimum Gasteiger partial charge on any atom is -0.399 e. The first kappa shape index (κ1) is 11.0. The molecule has 12 heavy (non-hydrogen) atoms. The molecule has 0 amide bonds. The van der Waals surface area contributed by atoms with Gasteiger partial charge in [0.2, 0.25) is 0 Å². The van der Waals surface area contributed by atoms with Crippen molar-refractivity contribution < 1.29 is 4.39 Å². The predicted octanol–water partition coefficient (Wildman–Crippen LogP) is 3.07. The molecule has 0 unspecified atom stereocenters. The lowest BCUT2D eigenvalue weighted by Gasteiger charge is -1.88. The zero-order valence-electron chi connectivity index (χ0n) is 7.84. The lowest BCUT2D eigenvalue weighted by Crippen LogP contribution is -1.83. The zero-order chi connectivity index (χ0) is 9.56. The van der Waals surface area contributed by atoms with E-state index in [1.807, 2.05) is 0 Å². The van der Waals surface area contributed by atoms with Gasteiger partial charge in [0, 0.05) is 5.69 Å². The molecule has 2 N–H and O–H groups in total. The van der Waals surface area contributed by atoms with Crippen molar-refractivity contribution in [1.82, 2.24) is 0 Å². The number of rotatable bonds is 0. The number of benzene rings is 1. The Morgan fingerprint density at radius 1 is 1.25 bits per heavy atom. The van der Waals surface area contributed by atoms with Gasteiger partial charge >= 0.3 is 0 Å². The van der Waals surface area contributed by atoms with E-state index in [1.54, 1.807) is 12.1 Å². The number of halogens is 1. The maximum absolute atomic E-state index is 12.1. The monoisotopic (exact) mass is 169 g/mol. The van der Waals surface area contributed by atoms with Gasteiger partial charge in [0.25, 0.3) is 0 Å². The van der Waals surface area contributed by atoms with E-state index in [4.69, 9.17) is 5.73 Å². The molecule has 1 aromatic rings. The molecule has 68 valence electrons. The van der Waals surface area contributed by atoms with Crippen LogP contribution < -0.4 is 5.73 Å². The van der Waals surface area contributed by atoms with Gasteiger partial charge in [-0.05, 0) is 24.1 Å². The SMILES string of the molecule is CC(C)C.Nc1cccc(F)c1. The van der Waals surface area contributed by atoms with Crippen LogP contribution in [0.2, 0.25) is 0 Å². The maximum atomic E-state index is 12.1. The van der Waals surface area contributed by atoms with Crippen molar-refractivity contribution >= 4 is 5.69 Å². The van der Waals surface area contributed by atoms with Gasteiger partial charge in [-0.3, -0.25) is 0 Å².